The third kappa shape index (κ3) is 2.67. The van der Waals surface area contributed by atoms with Gasteiger partial charge in [0.1, 0.15) is 0 Å². The van der Waals surface area contributed by atoms with E-state index >= 15 is 0 Å². The Hall–Kier alpha value is -3.20. The largest absolute Gasteiger partial charge is 0.282 e. The molecule has 0 unspecified atom stereocenters. The second kappa shape index (κ2) is 6.90. The molecule has 0 aromatic heterocycles. The van der Waals surface area contributed by atoms with Crippen molar-refractivity contribution in [1.82, 2.24) is 0 Å². The van der Waals surface area contributed by atoms with E-state index in [4.69, 9.17) is 4.15 Å². The predicted molar refractivity (Wildman–Crippen MR) is 135 cm³/mol. The molecule has 0 radical (unpaired) electrons. The summed E-state index contributed by atoms with van der Waals surface area (Å²) in [6, 6.07) is 34.4. The average molecular weight is 454 g/mol. The van der Waals surface area contributed by atoms with Crippen LogP contribution >= 0.6 is 7.05 Å². The Kier molecular flexibility index (Phi) is 4.20. The van der Waals surface area contributed by atoms with Crippen LogP contribution in [0.15, 0.2) is 112 Å². The molecule has 0 atom stereocenters. The molecule has 0 aliphatic carbocycles. The van der Waals surface area contributed by atoms with Gasteiger partial charge in [0.15, 0.2) is 0 Å². The quantitative estimate of drug-likeness (QED) is 0.332. The molecule has 5 heteroatoms. The summed E-state index contributed by atoms with van der Waals surface area (Å²) < 4.78 is 31.8. The van der Waals surface area contributed by atoms with Crippen molar-refractivity contribution in [3.63, 3.8) is 0 Å². The van der Waals surface area contributed by atoms with Crippen molar-refractivity contribution in [1.29, 1.82) is 0 Å². The molecule has 32 heavy (non-hydrogen) atoms. The fraction of sp³-hybridized carbons (Fsp3) is 0.0370. The van der Waals surface area contributed by atoms with Crippen LogP contribution in [0.2, 0.25) is 0 Å². The zero-order valence-corrected chi connectivity index (χ0v) is 19.1. The molecule has 5 aromatic carbocycles. The molecular formula is C27H20NO2PS. The van der Waals surface area contributed by atoms with E-state index in [-0.39, 0.29) is 0 Å². The second-order valence-electron chi connectivity index (χ2n) is 8.16. The van der Waals surface area contributed by atoms with Gasteiger partial charge in [-0.3, -0.25) is 0 Å². The first-order valence-electron chi connectivity index (χ1n) is 10.5. The van der Waals surface area contributed by atoms with E-state index in [2.05, 4.69) is 48.5 Å². The van der Waals surface area contributed by atoms with Crippen molar-refractivity contribution >= 4 is 54.5 Å². The molecule has 0 bridgehead atoms. The predicted octanol–water partition coefficient (Wildman–Crippen LogP) is 5.48. The summed E-state index contributed by atoms with van der Waals surface area (Å²) in [5.74, 6) is 0. The lowest BCUT2D eigenvalue weighted by Crippen LogP contribution is -2.25. The fourth-order valence-electron chi connectivity index (χ4n) is 4.80. The SMILES string of the molecule is Cc1ccc2c(c1)S(=O)(=O)N=P2(c1cccc2ccccc12)c1cccc2ccccc12. The van der Waals surface area contributed by atoms with E-state index in [1.54, 1.807) is 6.07 Å². The number of hydrogen-bond acceptors (Lipinski definition) is 2. The molecule has 0 spiro atoms. The lowest BCUT2D eigenvalue weighted by Gasteiger charge is -2.25. The number of hydrogen-bond donors (Lipinski definition) is 0. The van der Waals surface area contributed by atoms with Crippen LogP contribution < -0.4 is 15.9 Å². The number of sulfonamides is 1. The summed E-state index contributed by atoms with van der Waals surface area (Å²) in [4.78, 5) is 0.340. The summed E-state index contributed by atoms with van der Waals surface area (Å²) in [5, 5.41) is 7.04. The maximum atomic E-state index is 13.5. The Balaban J connectivity index is 1.89. The molecule has 0 N–H and O–H groups in total. The van der Waals surface area contributed by atoms with Gasteiger partial charge in [0, 0.05) is 15.9 Å². The first kappa shape index (κ1) is 19.5. The Morgan fingerprint density at radius 2 is 1.16 bits per heavy atom. The van der Waals surface area contributed by atoms with E-state index in [9.17, 15) is 8.42 Å². The molecule has 0 fully saturated rings. The molecule has 156 valence electrons. The summed E-state index contributed by atoms with van der Waals surface area (Å²) in [6.45, 7) is 1.92. The van der Waals surface area contributed by atoms with Crippen molar-refractivity contribution in [3.05, 3.63) is 109 Å². The van der Waals surface area contributed by atoms with E-state index in [1.807, 2.05) is 55.5 Å². The first-order valence-corrected chi connectivity index (χ1v) is 13.7. The highest BCUT2D eigenvalue weighted by Gasteiger charge is 2.42. The standard InChI is InChI=1S/C27H20NO2PS/c1-19-16-17-26-27(18-19)32(29,30)28-31(26,24-14-6-10-20-8-2-4-12-22(20)24)25-15-7-11-21-9-3-5-13-23(21)25/h2-18H,1H3. The summed E-state index contributed by atoms with van der Waals surface area (Å²) in [7, 11) is -6.63. The highest BCUT2D eigenvalue weighted by Crippen LogP contribution is 2.56. The number of aryl methyl sites for hydroxylation is 1. The molecule has 0 saturated carbocycles. The Labute approximate surface area is 187 Å². The molecule has 0 saturated heterocycles. The first-order chi connectivity index (χ1) is 15.5. The summed E-state index contributed by atoms with van der Waals surface area (Å²) in [6.07, 6.45) is 0. The van der Waals surface area contributed by atoms with Gasteiger partial charge in [-0.1, -0.05) is 97.1 Å². The van der Waals surface area contributed by atoms with Crippen molar-refractivity contribution in [3.8, 4) is 0 Å². The maximum absolute atomic E-state index is 13.5. The molecule has 5 aromatic rings. The number of rotatable bonds is 2. The molecule has 1 heterocycles. The molecule has 3 nitrogen and oxygen atoms in total. The third-order valence-corrected chi connectivity index (χ3v) is 12.3. The Morgan fingerprint density at radius 1 is 0.625 bits per heavy atom. The minimum atomic E-state index is -3.79. The van der Waals surface area contributed by atoms with Crippen molar-refractivity contribution in [2.75, 3.05) is 0 Å². The van der Waals surface area contributed by atoms with Crippen LogP contribution in [0.4, 0.5) is 0 Å². The molecule has 0 amide bonds. The van der Waals surface area contributed by atoms with Gasteiger partial charge in [-0.25, -0.2) is 0 Å². The van der Waals surface area contributed by atoms with Gasteiger partial charge in [-0.05, 0) is 40.1 Å². The smallest absolute Gasteiger partial charge is 0.199 e. The number of nitrogens with zero attached hydrogens (tertiary/aromatic N) is 1. The monoisotopic (exact) mass is 453 g/mol. The summed E-state index contributed by atoms with van der Waals surface area (Å²) >= 11 is 0. The van der Waals surface area contributed by atoms with Gasteiger partial charge in [-0.2, -0.15) is 12.6 Å². The zero-order valence-electron chi connectivity index (χ0n) is 17.4. The third-order valence-electron chi connectivity index (χ3n) is 6.20. The minimum Gasteiger partial charge on any atom is -0.199 e. The minimum absolute atomic E-state index is 0.340. The lowest BCUT2D eigenvalue weighted by atomic mass is 10.1. The van der Waals surface area contributed by atoms with E-state index in [0.717, 1.165) is 43.0 Å². The fourth-order valence-corrected chi connectivity index (χ4v) is 12.1. The van der Waals surface area contributed by atoms with Gasteiger partial charge in [0.2, 0.25) is 0 Å². The van der Waals surface area contributed by atoms with Gasteiger partial charge < -0.3 is 0 Å². The van der Waals surface area contributed by atoms with E-state index in [0.29, 0.717) is 4.90 Å². The Morgan fingerprint density at radius 3 is 1.75 bits per heavy atom. The average Bonchev–Trinajstić information content (AvgIpc) is 3.05. The topological polar surface area (TPSA) is 46.5 Å². The number of benzene rings is 5. The van der Waals surface area contributed by atoms with Crippen LogP contribution in [-0.4, -0.2) is 8.42 Å². The normalized spacial score (nSPS) is 16.0. The maximum Gasteiger partial charge on any atom is 0.282 e. The van der Waals surface area contributed by atoms with Gasteiger partial charge in [0.25, 0.3) is 10.0 Å². The zero-order chi connectivity index (χ0) is 21.9. The van der Waals surface area contributed by atoms with Crippen molar-refractivity contribution < 1.29 is 8.42 Å². The van der Waals surface area contributed by atoms with Crippen LogP contribution in [0.25, 0.3) is 21.5 Å². The van der Waals surface area contributed by atoms with Crippen molar-refractivity contribution in [2.45, 2.75) is 11.8 Å². The number of fused-ring (bicyclic) bond motifs is 3. The molecule has 6 rings (SSSR count). The van der Waals surface area contributed by atoms with Crippen LogP contribution in [0.1, 0.15) is 5.56 Å². The lowest BCUT2D eigenvalue weighted by molar-refractivity contribution is 0.600. The summed E-state index contributed by atoms with van der Waals surface area (Å²) in [5.41, 5.74) is 0.915. The van der Waals surface area contributed by atoms with Crippen LogP contribution in [0.3, 0.4) is 0 Å². The van der Waals surface area contributed by atoms with Crippen LogP contribution in [0, 0.1) is 6.92 Å². The van der Waals surface area contributed by atoms with Crippen LogP contribution in [0.5, 0.6) is 0 Å². The van der Waals surface area contributed by atoms with E-state index in [1.165, 1.54) is 0 Å². The van der Waals surface area contributed by atoms with Crippen LogP contribution in [-0.2, 0) is 10.0 Å². The Bertz CT molecular complexity index is 1630. The van der Waals surface area contributed by atoms with Crippen molar-refractivity contribution in [2.24, 2.45) is 4.15 Å². The van der Waals surface area contributed by atoms with Gasteiger partial charge >= 0.3 is 0 Å². The van der Waals surface area contributed by atoms with Gasteiger partial charge in [0.05, 0.1) is 11.9 Å². The van der Waals surface area contributed by atoms with E-state index < -0.39 is 17.1 Å². The molecule has 1 aliphatic heterocycles. The second-order valence-corrected chi connectivity index (χ2v) is 12.9. The van der Waals surface area contributed by atoms with Gasteiger partial charge in [-0.15, -0.1) is 0 Å². The highest BCUT2D eigenvalue weighted by atomic mass is 32.2. The highest BCUT2D eigenvalue weighted by molar-refractivity contribution is 8.03. The molecular weight excluding hydrogens is 433 g/mol. The molecule has 1 aliphatic rings.